The lowest BCUT2D eigenvalue weighted by Gasteiger charge is -2.27. The highest BCUT2D eigenvalue weighted by Crippen LogP contribution is 2.10. The molecule has 1 aliphatic heterocycles. The van der Waals surface area contributed by atoms with Gasteiger partial charge in [-0.25, -0.2) is 4.68 Å². The molecule has 104 valence electrons. The molecule has 1 aromatic heterocycles. The van der Waals surface area contributed by atoms with Crippen LogP contribution in [0.3, 0.4) is 0 Å². The summed E-state index contributed by atoms with van der Waals surface area (Å²) in [6.07, 6.45) is 4.13. The van der Waals surface area contributed by atoms with Crippen molar-refractivity contribution in [3.05, 3.63) is 48.3 Å². The highest BCUT2D eigenvalue weighted by molar-refractivity contribution is 5.79. The normalized spacial score (nSPS) is 15.3. The first kappa shape index (κ1) is 12.9. The third-order valence-electron chi connectivity index (χ3n) is 3.53. The average Bonchev–Trinajstić information content (AvgIpc) is 3.03. The van der Waals surface area contributed by atoms with Gasteiger partial charge in [0.05, 0.1) is 12.1 Å². The SMILES string of the molecule is O=C(Cc1ccc(-n2cccn2)cc1)N1CCNCC1. The van der Waals surface area contributed by atoms with Crippen LogP contribution >= 0.6 is 0 Å². The first-order chi connectivity index (χ1) is 9.83. The van der Waals surface area contributed by atoms with Crippen molar-refractivity contribution in [3.63, 3.8) is 0 Å². The molecule has 0 saturated carbocycles. The number of hydrogen-bond acceptors (Lipinski definition) is 3. The molecule has 2 heterocycles. The minimum absolute atomic E-state index is 0.207. The Bertz CT molecular complexity index is 556. The molecule has 1 fully saturated rings. The maximum absolute atomic E-state index is 12.2. The molecule has 2 aromatic rings. The summed E-state index contributed by atoms with van der Waals surface area (Å²) in [4.78, 5) is 14.1. The van der Waals surface area contributed by atoms with Crippen molar-refractivity contribution in [2.75, 3.05) is 26.2 Å². The lowest BCUT2D eigenvalue weighted by Crippen LogP contribution is -2.46. The summed E-state index contributed by atoms with van der Waals surface area (Å²) in [5.74, 6) is 0.207. The summed E-state index contributed by atoms with van der Waals surface area (Å²) >= 11 is 0. The second kappa shape index (κ2) is 5.88. The molecule has 1 aliphatic rings. The Balaban J connectivity index is 1.64. The summed E-state index contributed by atoms with van der Waals surface area (Å²) in [6.45, 7) is 3.41. The summed E-state index contributed by atoms with van der Waals surface area (Å²) in [7, 11) is 0. The molecule has 0 unspecified atom stereocenters. The van der Waals surface area contributed by atoms with E-state index < -0.39 is 0 Å². The van der Waals surface area contributed by atoms with Crippen LogP contribution in [0.25, 0.3) is 5.69 Å². The number of nitrogens with one attached hydrogen (secondary N) is 1. The van der Waals surface area contributed by atoms with Gasteiger partial charge in [0.2, 0.25) is 5.91 Å². The molecular weight excluding hydrogens is 252 g/mol. The van der Waals surface area contributed by atoms with Crippen LogP contribution in [0, 0.1) is 0 Å². The van der Waals surface area contributed by atoms with Gasteiger partial charge in [-0.1, -0.05) is 12.1 Å². The van der Waals surface area contributed by atoms with E-state index in [1.54, 1.807) is 6.20 Å². The number of hydrogen-bond donors (Lipinski definition) is 1. The zero-order valence-electron chi connectivity index (χ0n) is 11.3. The van der Waals surface area contributed by atoms with Crippen molar-refractivity contribution in [2.24, 2.45) is 0 Å². The highest BCUT2D eigenvalue weighted by Gasteiger charge is 2.16. The molecule has 1 aromatic carbocycles. The predicted octanol–water partition coefficient (Wildman–Crippen LogP) is 0.847. The summed E-state index contributed by atoms with van der Waals surface area (Å²) in [5.41, 5.74) is 2.05. The van der Waals surface area contributed by atoms with Gasteiger partial charge >= 0.3 is 0 Å². The van der Waals surface area contributed by atoms with E-state index in [0.29, 0.717) is 6.42 Å². The highest BCUT2D eigenvalue weighted by atomic mass is 16.2. The quantitative estimate of drug-likeness (QED) is 0.899. The lowest BCUT2D eigenvalue weighted by molar-refractivity contribution is -0.131. The first-order valence-electron chi connectivity index (χ1n) is 6.90. The van der Waals surface area contributed by atoms with Crippen LogP contribution in [0.15, 0.2) is 42.7 Å². The van der Waals surface area contributed by atoms with Gasteiger partial charge < -0.3 is 10.2 Å². The molecule has 5 heteroatoms. The second-order valence-corrected chi connectivity index (χ2v) is 4.92. The molecule has 0 radical (unpaired) electrons. The Morgan fingerprint density at radius 3 is 2.60 bits per heavy atom. The molecule has 1 N–H and O–H groups in total. The average molecular weight is 270 g/mol. The summed E-state index contributed by atoms with van der Waals surface area (Å²) in [6, 6.07) is 9.87. The van der Waals surface area contributed by atoms with E-state index in [9.17, 15) is 4.79 Å². The van der Waals surface area contributed by atoms with Gasteiger partial charge in [0.25, 0.3) is 0 Å². The van der Waals surface area contributed by atoms with Crippen LogP contribution in [0.4, 0.5) is 0 Å². The summed E-state index contributed by atoms with van der Waals surface area (Å²) in [5, 5.41) is 7.44. The number of piperazine rings is 1. The molecule has 0 atom stereocenters. The topological polar surface area (TPSA) is 50.2 Å². The van der Waals surface area contributed by atoms with E-state index in [4.69, 9.17) is 0 Å². The minimum atomic E-state index is 0.207. The summed E-state index contributed by atoms with van der Waals surface area (Å²) < 4.78 is 1.81. The van der Waals surface area contributed by atoms with Gasteiger partial charge in [-0.05, 0) is 23.8 Å². The van der Waals surface area contributed by atoms with Crippen LogP contribution in [-0.2, 0) is 11.2 Å². The fourth-order valence-electron chi connectivity index (χ4n) is 2.39. The van der Waals surface area contributed by atoms with Crippen LogP contribution < -0.4 is 5.32 Å². The monoisotopic (exact) mass is 270 g/mol. The van der Waals surface area contributed by atoms with Gasteiger partial charge in [-0.2, -0.15) is 5.10 Å². The number of amides is 1. The Morgan fingerprint density at radius 1 is 1.20 bits per heavy atom. The van der Waals surface area contributed by atoms with E-state index in [-0.39, 0.29) is 5.91 Å². The van der Waals surface area contributed by atoms with Crippen molar-refractivity contribution in [3.8, 4) is 5.69 Å². The van der Waals surface area contributed by atoms with E-state index in [1.165, 1.54) is 0 Å². The van der Waals surface area contributed by atoms with Crippen molar-refractivity contribution in [1.29, 1.82) is 0 Å². The fourth-order valence-corrected chi connectivity index (χ4v) is 2.39. The Labute approximate surface area is 118 Å². The Hall–Kier alpha value is -2.14. The van der Waals surface area contributed by atoms with Gasteiger partial charge in [0, 0.05) is 38.6 Å². The molecule has 1 amide bonds. The van der Waals surface area contributed by atoms with Crippen LogP contribution in [0.1, 0.15) is 5.56 Å². The van der Waals surface area contributed by atoms with Crippen molar-refractivity contribution < 1.29 is 4.79 Å². The molecule has 20 heavy (non-hydrogen) atoms. The zero-order chi connectivity index (χ0) is 13.8. The van der Waals surface area contributed by atoms with E-state index in [0.717, 1.165) is 37.4 Å². The van der Waals surface area contributed by atoms with Gasteiger partial charge in [-0.3, -0.25) is 4.79 Å². The van der Waals surface area contributed by atoms with Crippen molar-refractivity contribution in [1.82, 2.24) is 20.0 Å². The maximum Gasteiger partial charge on any atom is 0.227 e. The molecule has 0 bridgehead atoms. The molecule has 0 aliphatic carbocycles. The van der Waals surface area contributed by atoms with E-state index in [2.05, 4.69) is 10.4 Å². The fraction of sp³-hybridized carbons (Fsp3) is 0.333. The number of rotatable bonds is 3. The van der Waals surface area contributed by atoms with Gasteiger partial charge in [0.15, 0.2) is 0 Å². The van der Waals surface area contributed by atoms with Crippen LogP contribution in [-0.4, -0.2) is 46.8 Å². The van der Waals surface area contributed by atoms with E-state index >= 15 is 0 Å². The zero-order valence-corrected chi connectivity index (χ0v) is 11.3. The van der Waals surface area contributed by atoms with Gasteiger partial charge in [-0.15, -0.1) is 0 Å². The number of carbonyl (C=O) groups excluding carboxylic acids is 1. The number of benzene rings is 1. The van der Waals surface area contributed by atoms with Crippen LogP contribution in [0.5, 0.6) is 0 Å². The number of aromatic nitrogens is 2. The Morgan fingerprint density at radius 2 is 1.95 bits per heavy atom. The van der Waals surface area contributed by atoms with Crippen molar-refractivity contribution in [2.45, 2.75) is 6.42 Å². The lowest BCUT2D eigenvalue weighted by atomic mass is 10.1. The number of nitrogens with zero attached hydrogens (tertiary/aromatic N) is 3. The van der Waals surface area contributed by atoms with Crippen LogP contribution in [0.2, 0.25) is 0 Å². The molecule has 5 nitrogen and oxygen atoms in total. The van der Waals surface area contributed by atoms with Crippen molar-refractivity contribution >= 4 is 5.91 Å². The first-order valence-corrected chi connectivity index (χ1v) is 6.90. The maximum atomic E-state index is 12.2. The smallest absolute Gasteiger partial charge is 0.227 e. The van der Waals surface area contributed by atoms with E-state index in [1.807, 2.05) is 46.1 Å². The third kappa shape index (κ3) is 2.88. The minimum Gasteiger partial charge on any atom is -0.340 e. The predicted molar refractivity (Wildman–Crippen MR) is 76.7 cm³/mol. The number of carbonyl (C=O) groups is 1. The molecule has 1 saturated heterocycles. The third-order valence-corrected chi connectivity index (χ3v) is 3.53. The molecule has 3 rings (SSSR count). The largest absolute Gasteiger partial charge is 0.340 e. The second-order valence-electron chi connectivity index (χ2n) is 4.92. The van der Waals surface area contributed by atoms with Gasteiger partial charge in [0.1, 0.15) is 0 Å². The molecular formula is C15H18N4O. The Kier molecular flexibility index (Phi) is 3.78. The standard InChI is InChI=1S/C15H18N4O/c20-15(18-10-7-16-8-11-18)12-13-2-4-14(5-3-13)19-9-1-6-17-19/h1-6,9,16H,7-8,10-12H2. The molecule has 0 spiro atoms.